The summed E-state index contributed by atoms with van der Waals surface area (Å²) in [5.74, 6) is 0.952. The van der Waals surface area contributed by atoms with E-state index in [2.05, 4.69) is 4.90 Å². The Morgan fingerprint density at radius 1 is 1.10 bits per heavy atom. The molecule has 2 aromatic carbocycles. The van der Waals surface area contributed by atoms with E-state index in [0.29, 0.717) is 0 Å². The number of aromatic nitrogens is 1. The van der Waals surface area contributed by atoms with Gasteiger partial charge in [-0.2, -0.15) is 0 Å². The second-order valence-electron chi connectivity index (χ2n) is 5.23. The quantitative estimate of drug-likeness (QED) is 0.733. The predicted molar refractivity (Wildman–Crippen MR) is 88.3 cm³/mol. The van der Waals surface area contributed by atoms with Crippen LogP contribution in [0.5, 0.6) is 0 Å². The van der Waals surface area contributed by atoms with Crippen LogP contribution in [0.25, 0.3) is 10.9 Å². The number of hydrogen-bond donors (Lipinski definition) is 1. The van der Waals surface area contributed by atoms with E-state index >= 15 is 0 Å². The van der Waals surface area contributed by atoms with Gasteiger partial charge < -0.3 is 10.6 Å². The van der Waals surface area contributed by atoms with Crippen LogP contribution in [0.4, 0.5) is 17.2 Å². The lowest BCUT2D eigenvalue weighted by atomic mass is 10.1. The van der Waals surface area contributed by atoms with Crippen molar-refractivity contribution < 1.29 is 0 Å². The van der Waals surface area contributed by atoms with E-state index in [0.717, 1.165) is 51.6 Å². The fourth-order valence-electron chi connectivity index (χ4n) is 2.96. The molecular weight excluding hydrogens is 282 g/mol. The third kappa shape index (κ3) is 1.93. The molecule has 4 rings (SSSR count). The Bertz CT molecular complexity index is 845. The van der Waals surface area contributed by atoms with Gasteiger partial charge in [-0.1, -0.05) is 35.9 Å². The summed E-state index contributed by atoms with van der Waals surface area (Å²) >= 11 is 6.10. The first kappa shape index (κ1) is 12.5. The van der Waals surface area contributed by atoms with Gasteiger partial charge in [-0.15, -0.1) is 0 Å². The van der Waals surface area contributed by atoms with Crippen LogP contribution in [0.3, 0.4) is 0 Å². The number of nitrogens with two attached hydrogens (primary N) is 1. The molecule has 104 valence electrons. The maximum atomic E-state index is 6.35. The SMILES string of the molecule is Nc1c2c(nc3ccccc13)N(c1cccc(Cl)c1)CC2. The fourth-order valence-corrected chi connectivity index (χ4v) is 3.14. The standard InChI is InChI=1S/C17H14ClN3/c18-11-4-3-5-12(10-11)21-9-8-14-16(19)13-6-1-2-7-15(13)20-17(14)21/h1-7,10H,8-9H2,(H2,19,20). The Morgan fingerprint density at radius 2 is 1.95 bits per heavy atom. The number of pyridine rings is 1. The van der Waals surface area contributed by atoms with Crippen molar-refractivity contribution in [3.05, 3.63) is 59.1 Å². The molecule has 0 saturated heterocycles. The van der Waals surface area contributed by atoms with Crippen LogP contribution in [0, 0.1) is 0 Å². The van der Waals surface area contributed by atoms with Crippen LogP contribution in [0.2, 0.25) is 5.02 Å². The Balaban J connectivity index is 1.92. The third-order valence-electron chi connectivity index (χ3n) is 3.98. The van der Waals surface area contributed by atoms with Gasteiger partial charge in [0.05, 0.1) is 5.52 Å². The summed E-state index contributed by atoms with van der Waals surface area (Å²) in [6.45, 7) is 0.878. The van der Waals surface area contributed by atoms with Crippen molar-refractivity contribution in [2.75, 3.05) is 17.2 Å². The second kappa shape index (κ2) is 4.64. The first-order valence-electron chi connectivity index (χ1n) is 6.94. The molecule has 0 spiro atoms. The lowest BCUT2D eigenvalue weighted by Crippen LogP contribution is -2.14. The van der Waals surface area contributed by atoms with Crippen molar-refractivity contribution in [3.8, 4) is 0 Å². The summed E-state index contributed by atoms with van der Waals surface area (Å²) in [6, 6.07) is 15.9. The maximum absolute atomic E-state index is 6.35. The Kier molecular flexibility index (Phi) is 2.76. The Labute approximate surface area is 128 Å². The van der Waals surface area contributed by atoms with Gasteiger partial charge in [0.25, 0.3) is 0 Å². The van der Waals surface area contributed by atoms with Crippen LogP contribution in [0.15, 0.2) is 48.5 Å². The van der Waals surface area contributed by atoms with E-state index in [1.54, 1.807) is 0 Å². The average Bonchev–Trinajstić information content (AvgIpc) is 2.92. The molecule has 2 N–H and O–H groups in total. The highest BCUT2D eigenvalue weighted by Crippen LogP contribution is 2.39. The molecule has 0 unspecified atom stereocenters. The fraction of sp³-hybridized carbons (Fsp3) is 0.118. The van der Waals surface area contributed by atoms with Gasteiger partial charge in [0, 0.05) is 33.9 Å². The molecule has 0 bridgehead atoms. The number of hydrogen-bond acceptors (Lipinski definition) is 3. The minimum absolute atomic E-state index is 0.731. The van der Waals surface area contributed by atoms with Gasteiger partial charge in [-0.25, -0.2) is 4.98 Å². The zero-order valence-corrected chi connectivity index (χ0v) is 12.1. The largest absolute Gasteiger partial charge is 0.398 e. The Morgan fingerprint density at radius 3 is 2.81 bits per heavy atom. The molecule has 3 aromatic rings. The lowest BCUT2D eigenvalue weighted by molar-refractivity contribution is 0.992. The molecule has 3 nitrogen and oxygen atoms in total. The maximum Gasteiger partial charge on any atom is 0.139 e. The van der Waals surface area contributed by atoms with E-state index < -0.39 is 0 Å². The molecule has 0 saturated carbocycles. The van der Waals surface area contributed by atoms with E-state index in [1.165, 1.54) is 0 Å². The number of benzene rings is 2. The molecule has 0 radical (unpaired) electrons. The van der Waals surface area contributed by atoms with Crippen LogP contribution < -0.4 is 10.6 Å². The number of rotatable bonds is 1. The highest BCUT2D eigenvalue weighted by atomic mass is 35.5. The van der Waals surface area contributed by atoms with Gasteiger partial charge in [-0.05, 0) is 30.7 Å². The second-order valence-corrected chi connectivity index (χ2v) is 5.66. The van der Waals surface area contributed by atoms with E-state index in [-0.39, 0.29) is 0 Å². The summed E-state index contributed by atoms with van der Waals surface area (Å²) in [5, 5.41) is 1.76. The van der Waals surface area contributed by atoms with Crippen molar-refractivity contribution in [1.82, 2.24) is 4.98 Å². The topological polar surface area (TPSA) is 42.1 Å². The molecule has 0 atom stereocenters. The number of nitrogen functional groups attached to an aromatic ring is 1. The normalized spacial score (nSPS) is 13.7. The molecule has 1 aliphatic heterocycles. The molecule has 4 heteroatoms. The van der Waals surface area contributed by atoms with Gasteiger partial charge in [0.2, 0.25) is 0 Å². The van der Waals surface area contributed by atoms with Gasteiger partial charge in [-0.3, -0.25) is 0 Å². The van der Waals surface area contributed by atoms with Crippen molar-refractivity contribution in [2.45, 2.75) is 6.42 Å². The highest BCUT2D eigenvalue weighted by molar-refractivity contribution is 6.30. The molecule has 0 amide bonds. The summed E-state index contributed by atoms with van der Waals surface area (Å²) in [6.07, 6.45) is 0.908. The monoisotopic (exact) mass is 295 g/mol. The lowest BCUT2D eigenvalue weighted by Gasteiger charge is -2.19. The van der Waals surface area contributed by atoms with Crippen LogP contribution in [0.1, 0.15) is 5.56 Å². The molecule has 1 aromatic heterocycles. The summed E-state index contributed by atoms with van der Waals surface area (Å²) in [7, 11) is 0. The third-order valence-corrected chi connectivity index (χ3v) is 4.21. The van der Waals surface area contributed by atoms with Crippen molar-refractivity contribution in [1.29, 1.82) is 0 Å². The molecule has 0 aliphatic carbocycles. The smallest absolute Gasteiger partial charge is 0.139 e. The van der Waals surface area contributed by atoms with E-state index in [1.807, 2.05) is 48.5 Å². The molecule has 1 aliphatic rings. The van der Waals surface area contributed by atoms with Gasteiger partial charge in [0.1, 0.15) is 5.82 Å². The molecular formula is C17H14ClN3. The van der Waals surface area contributed by atoms with Crippen molar-refractivity contribution in [3.63, 3.8) is 0 Å². The van der Waals surface area contributed by atoms with E-state index in [9.17, 15) is 0 Å². The zero-order valence-electron chi connectivity index (χ0n) is 11.4. The van der Waals surface area contributed by atoms with Gasteiger partial charge in [0.15, 0.2) is 0 Å². The first-order valence-corrected chi connectivity index (χ1v) is 7.32. The number of nitrogens with zero attached hydrogens (tertiary/aromatic N) is 2. The predicted octanol–water partition coefficient (Wildman–Crippen LogP) is 4.16. The number of halogens is 1. The van der Waals surface area contributed by atoms with Crippen LogP contribution in [-0.4, -0.2) is 11.5 Å². The minimum atomic E-state index is 0.731. The van der Waals surface area contributed by atoms with Crippen LogP contribution in [-0.2, 0) is 6.42 Å². The van der Waals surface area contributed by atoms with Crippen molar-refractivity contribution >= 4 is 39.7 Å². The first-order chi connectivity index (χ1) is 10.2. The number of anilines is 3. The van der Waals surface area contributed by atoms with Gasteiger partial charge >= 0.3 is 0 Å². The number of fused-ring (bicyclic) bond motifs is 2. The molecule has 21 heavy (non-hydrogen) atoms. The summed E-state index contributed by atoms with van der Waals surface area (Å²) < 4.78 is 0. The van der Waals surface area contributed by atoms with E-state index in [4.69, 9.17) is 22.3 Å². The summed E-state index contributed by atoms with van der Waals surface area (Å²) in [5.41, 5.74) is 10.3. The zero-order chi connectivity index (χ0) is 14.4. The molecule has 2 heterocycles. The molecule has 0 fully saturated rings. The average molecular weight is 296 g/mol. The highest BCUT2D eigenvalue weighted by Gasteiger charge is 2.25. The summed E-state index contributed by atoms with van der Waals surface area (Å²) in [4.78, 5) is 6.99. The number of para-hydroxylation sites is 1. The Hall–Kier alpha value is -2.26. The minimum Gasteiger partial charge on any atom is -0.398 e. The van der Waals surface area contributed by atoms with Crippen molar-refractivity contribution in [2.24, 2.45) is 0 Å². The van der Waals surface area contributed by atoms with Crippen LogP contribution >= 0.6 is 11.6 Å².